The molecule has 6 heteroatoms. The summed E-state index contributed by atoms with van der Waals surface area (Å²) in [6.07, 6.45) is 9.53. The molecule has 0 aromatic rings. The minimum Gasteiger partial charge on any atom is -0.400 e. The summed E-state index contributed by atoms with van der Waals surface area (Å²) >= 11 is 0. The van der Waals surface area contributed by atoms with E-state index in [0.29, 0.717) is 17.8 Å². The molecule has 0 amide bonds. The highest BCUT2D eigenvalue weighted by atomic mass is 16.7. The Bertz CT molecular complexity index is 715. The molecule has 4 nitrogen and oxygen atoms in total. The first-order valence-electron chi connectivity index (χ1n) is 10.7. The molecule has 6 rings (SSSR count). The van der Waals surface area contributed by atoms with E-state index in [1.165, 1.54) is 10.9 Å². The van der Waals surface area contributed by atoms with Crippen LogP contribution in [-0.2, 0) is 18.6 Å². The average molecular weight is 382 g/mol. The van der Waals surface area contributed by atoms with Crippen LogP contribution in [0.2, 0.25) is 0 Å². The van der Waals surface area contributed by atoms with Crippen molar-refractivity contribution >= 4 is 14.2 Å². The van der Waals surface area contributed by atoms with Gasteiger partial charge in [-0.2, -0.15) is 0 Å². The van der Waals surface area contributed by atoms with Crippen LogP contribution in [0.4, 0.5) is 0 Å². The molecule has 28 heavy (non-hydrogen) atoms. The van der Waals surface area contributed by atoms with Crippen LogP contribution in [0.25, 0.3) is 0 Å². The van der Waals surface area contributed by atoms with Crippen molar-refractivity contribution in [1.29, 1.82) is 0 Å². The van der Waals surface area contributed by atoms with Gasteiger partial charge in [0.2, 0.25) is 0 Å². The van der Waals surface area contributed by atoms with Crippen LogP contribution in [-0.4, -0.2) is 36.6 Å². The normalized spacial score (nSPS) is 40.9. The van der Waals surface area contributed by atoms with Crippen molar-refractivity contribution < 1.29 is 18.6 Å². The van der Waals surface area contributed by atoms with E-state index in [2.05, 4.69) is 79.7 Å². The van der Waals surface area contributed by atoms with Crippen molar-refractivity contribution in [1.82, 2.24) is 0 Å². The fraction of sp³-hybridized carbons (Fsp3) is 0.727. The molecule has 150 valence electrons. The van der Waals surface area contributed by atoms with E-state index in [4.69, 9.17) is 18.6 Å². The van der Waals surface area contributed by atoms with Gasteiger partial charge in [-0.1, -0.05) is 24.3 Å². The van der Waals surface area contributed by atoms with Crippen LogP contribution in [0.5, 0.6) is 0 Å². The molecule has 2 unspecified atom stereocenters. The van der Waals surface area contributed by atoms with Crippen LogP contribution < -0.4 is 0 Å². The molecule has 0 aromatic carbocycles. The molecule has 0 radical (unpaired) electrons. The predicted octanol–water partition coefficient (Wildman–Crippen LogP) is 4.16. The van der Waals surface area contributed by atoms with E-state index in [9.17, 15) is 0 Å². The fourth-order valence-electron chi connectivity index (χ4n) is 4.80. The molecule has 2 heterocycles. The molecule has 2 aliphatic heterocycles. The second kappa shape index (κ2) is 5.46. The van der Waals surface area contributed by atoms with Gasteiger partial charge in [-0.05, 0) is 84.1 Å². The minimum absolute atomic E-state index is 0.101. The van der Waals surface area contributed by atoms with Gasteiger partial charge in [0.15, 0.2) is 0 Å². The van der Waals surface area contributed by atoms with E-state index in [-0.39, 0.29) is 42.6 Å². The lowest BCUT2D eigenvalue weighted by Gasteiger charge is -2.32. The summed E-state index contributed by atoms with van der Waals surface area (Å²) in [4.78, 5) is 0. The zero-order valence-electron chi connectivity index (χ0n) is 18.4. The first-order chi connectivity index (χ1) is 12.8. The van der Waals surface area contributed by atoms with E-state index < -0.39 is 0 Å². The van der Waals surface area contributed by atoms with Crippen molar-refractivity contribution in [2.45, 2.75) is 77.8 Å². The molecule has 4 aliphatic carbocycles. The lowest BCUT2D eigenvalue weighted by molar-refractivity contribution is 0.00578. The van der Waals surface area contributed by atoms with Gasteiger partial charge in [0.1, 0.15) is 0 Å². The summed E-state index contributed by atoms with van der Waals surface area (Å²) in [5.74, 6) is 1.76. The Balaban J connectivity index is 1.50. The predicted molar refractivity (Wildman–Crippen MR) is 111 cm³/mol. The van der Waals surface area contributed by atoms with Crippen molar-refractivity contribution in [2.75, 3.05) is 0 Å². The van der Waals surface area contributed by atoms with Crippen LogP contribution >= 0.6 is 0 Å². The molecular formula is C22H32B2O4. The largest absolute Gasteiger partial charge is 0.491 e. The van der Waals surface area contributed by atoms with E-state index >= 15 is 0 Å². The first kappa shape index (κ1) is 19.2. The minimum atomic E-state index is -0.344. The maximum Gasteiger partial charge on any atom is 0.491 e. The number of hydrogen-bond donors (Lipinski definition) is 0. The Labute approximate surface area is 170 Å². The summed E-state index contributed by atoms with van der Waals surface area (Å²) in [5.41, 5.74) is 1.05. The van der Waals surface area contributed by atoms with Gasteiger partial charge in [-0.15, -0.1) is 0 Å². The van der Waals surface area contributed by atoms with Crippen molar-refractivity contribution in [3.8, 4) is 0 Å². The number of allylic oxidation sites excluding steroid dienone is 6. The number of rotatable bonds is 2. The molecule has 4 bridgehead atoms. The second-order valence-corrected chi connectivity index (χ2v) is 11.1. The highest BCUT2D eigenvalue weighted by Crippen LogP contribution is 2.58. The topological polar surface area (TPSA) is 36.9 Å². The molecule has 3 fully saturated rings. The zero-order valence-corrected chi connectivity index (χ0v) is 18.4. The third kappa shape index (κ3) is 2.54. The average Bonchev–Trinajstić information content (AvgIpc) is 3.19. The summed E-state index contributed by atoms with van der Waals surface area (Å²) in [6.45, 7) is 16.9. The van der Waals surface area contributed by atoms with Gasteiger partial charge >= 0.3 is 14.2 Å². The molecule has 0 spiro atoms. The van der Waals surface area contributed by atoms with Crippen LogP contribution in [0.15, 0.2) is 35.2 Å². The van der Waals surface area contributed by atoms with Gasteiger partial charge in [0.25, 0.3) is 0 Å². The van der Waals surface area contributed by atoms with Crippen LogP contribution in [0, 0.1) is 23.7 Å². The van der Waals surface area contributed by atoms with E-state index in [1.807, 2.05) is 0 Å². The van der Waals surface area contributed by atoms with Gasteiger partial charge in [-0.25, -0.2) is 0 Å². The maximum atomic E-state index is 6.44. The molecule has 6 aliphatic rings. The Morgan fingerprint density at radius 3 is 1.29 bits per heavy atom. The Morgan fingerprint density at radius 2 is 0.929 bits per heavy atom. The number of hydrogen-bond acceptors (Lipinski definition) is 4. The summed E-state index contributed by atoms with van der Waals surface area (Å²) in [6, 6.07) is 0. The van der Waals surface area contributed by atoms with Gasteiger partial charge in [0.05, 0.1) is 22.4 Å². The Kier molecular flexibility index (Phi) is 3.74. The van der Waals surface area contributed by atoms with Crippen LogP contribution in [0.1, 0.15) is 55.4 Å². The molecule has 2 saturated heterocycles. The summed E-state index contributed by atoms with van der Waals surface area (Å²) in [7, 11) is -0.660. The van der Waals surface area contributed by atoms with Crippen molar-refractivity contribution in [3.63, 3.8) is 0 Å². The summed E-state index contributed by atoms with van der Waals surface area (Å²) in [5, 5.41) is 0. The highest BCUT2D eigenvalue weighted by molar-refractivity contribution is 6.58. The Morgan fingerprint density at radius 1 is 0.571 bits per heavy atom. The molecule has 1 saturated carbocycles. The lowest BCUT2D eigenvalue weighted by atomic mass is 9.61. The smallest absolute Gasteiger partial charge is 0.400 e. The standard InChI is InChI=1S/C22H32B2O4/c1-19(2)20(3,4)26-23(25-19)17-11-15-13-9-10-14(17)18(12-16(13)15)24-27-21(5,6)22(7,8)28-24/h9-16H,1-8H3/t13?,14?,15-,16+. The van der Waals surface area contributed by atoms with E-state index in [1.54, 1.807) is 0 Å². The van der Waals surface area contributed by atoms with E-state index in [0.717, 1.165) is 0 Å². The molecule has 0 aromatic heterocycles. The maximum absolute atomic E-state index is 6.44. The molecule has 4 atom stereocenters. The monoisotopic (exact) mass is 382 g/mol. The highest BCUT2D eigenvalue weighted by Gasteiger charge is 2.60. The molecule has 0 N–H and O–H groups in total. The Hall–Kier alpha value is -0.810. The zero-order chi connectivity index (χ0) is 20.3. The SMILES string of the molecule is CC1(C)OB(C2=C[C@@H]3C4C=CC2C(B2OC(C)(C)C(C)(C)O2)=C[C@@H]43)OC1(C)C. The third-order valence-electron chi connectivity index (χ3n) is 8.26. The van der Waals surface area contributed by atoms with Crippen molar-refractivity contribution in [3.05, 3.63) is 35.2 Å². The molecular weight excluding hydrogens is 350 g/mol. The van der Waals surface area contributed by atoms with Crippen molar-refractivity contribution in [2.24, 2.45) is 23.7 Å². The van der Waals surface area contributed by atoms with Crippen LogP contribution in [0.3, 0.4) is 0 Å². The summed E-state index contributed by atoms with van der Waals surface area (Å²) < 4.78 is 25.7. The van der Waals surface area contributed by atoms with Gasteiger partial charge in [-0.3, -0.25) is 0 Å². The van der Waals surface area contributed by atoms with Gasteiger partial charge in [0, 0.05) is 5.92 Å². The first-order valence-corrected chi connectivity index (χ1v) is 10.7. The second-order valence-electron chi connectivity index (χ2n) is 11.1. The quantitative estimate of drug-likeness (QED) is 0.531. The fourth-order valence-corrected chi connectivity index (χ4v) is 4.80. The van der Waals surface area contributed by atoms with Gasteiger partial charge < -0.3 is 18.6 Å². The lowest BCUT2D eigenvalue weighted by Crippen LogP contribution is -2.41. The third-order valence-corrected chi connectivity index (χ3v) is 8.26.